The molecule has 0 aliphatic heterocycles. The molecule has 3 aromatic carbocycles. The van der Waals surface area contributed by atoms with E-state index in [0.717, 1.165) is 0 Å². The fourth-order valence-electron chi connectivity index (χ4n) is 4.51. The van der Waals surface area contributed by atoms with Gasteiger partial charge < -0.3 is 33.9 Å². The molecule has 0 heterocycles. The van der Waals surface area contributed by atoms with Gasteiger partial charge in [0.15, 0.2) is 0 Å². The van der Waals surface area contributed by atoms with Crippen LogP contribution >= 0.6 is 0 Å². The van der Waals surface area contributed by atoms with Crippen molar-refractivity contribution in [2.75, 3.05) is 35.0 Å². The maximum Gasteiger partial charge on any atom is 0.318 e. The van der Waals surface area contributed by atoms with Crippen LogP contribution in [0, 0.1) is 5.82 Å². The van der Waals surface area contributed by atoms with Crippen LogP contribution in [0.15, 0.2) is 60.7 Å². The van der Waals surface area contributed by atoms with Crippen molar-refractivity contribution in [2.45, 2.75) is 38.9 Å². The molecule has 0 bridgehead atoms. The smallest absolute Gasteiger partial charge is 0.318 e. The number of urea groups is 1. The van der Waals surface area contributed by atoms with Crippen molar-refractivity contribution in [3.63, 3.8) is 0 Å². The summed E-state index contributed by atoms with van der Waals surface area (Å²) < 4.78 is 42.0. The van der Waals surface area contributed by atoms with Crippen molar-refractivity contribution in [3.8, 4) is 23.0 Å². The molecule has 3 rings (SSSR count). The van der Waals surface area contributed by atoms with Crippen LogP contribution in [0.5, 0.6) is 23.0 Å². The Morgan fingerprint density at radius 1 is 0.829 bits per heavy atom. The molecule has 9 nitrogen and oxygen atoms in total. The first-order chi connectivity index (χ1) is 19.7. The zero-order chi connectivity index (χ0) is 30.0. The van der Waals surface area contributed by atoms with Crippen LogP contribution in [0.3, 0.4) is 0 Å². The van der Waals surface area contributed by atoms with Gasteiger partial charge in [-0.1, -0.05) is 18.2 Å². The average molecular weight is 569 g/mol. The van der Waals surface area contributed by atoms with E-state index < -0.39 is 23.4 Å². The number of carbonyl (C=O) groups excluding carboxylic acids is 2. The molecule has 0 aliphatic rings. The molecule has 1 N–H and O–H groups in total. The molecule has 1 atom stereocenters. The highest BCUT2D eigenvalue weighted by Gasteiger charge is 2.36. The van der Waals surface area contributed by atoms with Crippen LogP contribution in [0.1, 0.15) is 37.0 Å². The van der Waals surface area contributed by atoms with Gasteiger partial charge in [-0.25, -0.2) is 9.18 Å². The zero-order valence-corrected chi connectivity index (χ0v) is 24.3. The predicted octanol–water partition coefficient (Wildman–Crippen LogP) is 5.44. The molecule has 2 amide bonds. The van der Waals surface area contributed by atoms with Crippen LogP contribution in [-0.2, 0) is 28.2 Å². The molecule has 0 radical (unpaired) electrons. The molecule has 3 aromatic rings. The first-order valence-electron chi connectivity index (χ1n) is 13.1. The fourth-order valence-corrected chi connectivity index (χ4v) is 4.51. The molecule has 0 saturated carbocycles. The Labute approximate surface area is 240 Å². The molecular weight excluding hydrogens is 531 g/mol. The third-order valence-electron chi connectivity index (χ3n) is 6.65. The van der Waals surface area contributed by atoms with E-state index in [1.54, 1.807) is 76.6 Å². The molecule has 10 heteroatoms. The maximum atomic E-state index is 15.0. The molecule has 0 fully saturated rings. The standard InChI is InChI=1S/C31H37FN2O7/c1-7-41-29(35)18-31(2,25-10-8-9-11-26(25)32)33-30(36)34(19-21-12-14-23(37-3)16-27(21)39-5)20-22-13-15-24(38-4)17-28(22)40-6/h8-17H,7,18-20H2,1-6H3,(H,33,36)/t31-/m0/s1. The van der Waals surface area contributed by atoms with Crippen LogP contribution in [0.2, 0.25) is 0 Å². The van der Waals surface area contributed by atoms with Crippen molar-refractivity contribution >= 4 is 12.0 Å². The Hall–Kier alpha value is -4.47. The second-order valence-corrected chi connectivity index (χ2v) is 9.44. The summed E-state index contributed by atoms with van der Waals surface area (Å²) >= 11 is 0. The van der Waals surface area contributed by atoms with E-state index in [1.165, 1.54) is 31.3 Å². The molecule has 0 spiro atoms. The van der Waals surface area contributed by atoms with Gasteiger partial charge in [-0.15, -0.1) is 0 Å². The lowest BCUT2D eigenvalue weighted by atomic mass is 9.88. The molecule has 0 unspecified atom stereocenters. The van der Waals surface area contributed by atoms with Gasteiger partial charge in [0.2, 0.25) is 0 Å². The SMILES string of the molecule is CCOC(=O)C[C@](C)(NC(=O)N(Cc1ccc(OC)cc1OC)Cc1ccc(OC)cc1OC)c1ccccc1F. The van der Waals surface area contributed by atoms with E-state index in [2.05, 4.69) is 5.32 Å². The van der Waals surface area contributed by atoms with Crippen molar-refractivity contribution < 1.29 is 37.7 Å². The van der Waals surface area contributed by atoms with Crippen LogP contribution < -0.4 is 24.3 Å². The Morgan fingerprint density at radius 3 is 1.83 bits per heavy atom. The highest BCUT2D eigenvalue weighted by molar-refractivity contribution is 5.78. The number of rotatable bonds is 13. The average Bonchev–Trinajstić information content (AvgIpc) is 2.97. The summed E-state index contributed by atoms with van der Waals surface area (Å²) in [5, 5.41) is 2.92. The molecular formula is C31H37FN2O7. The summed E-state index contributed by atoms with van der Waals surface area (Å²) in [4.78, 5) is 28.2. The number of ether oxygens (including phenoxy) is 5. The van der Waals surface area contributed by atoms with Gasteiger partial charge in [0.25, 0.3) is 0 Å². The van der Waals surface area contributed by atoms with Crippen LogP contribution in [0.4, 0.5) is 9.18 Å². The quantitative estimate of drug-likeness (QED) is 0.274. The van der Waals surface area contributed by atoms with Gasteiger partial charge >= 0.3 is 12.0 Å². The third-order valence-corrected chi connectivity index (χ3v) is 6.65. The van der Waals surface area contributed by atoms with E-state index in [0.29, 0.717) is 34.1 Å². The lowest BCUT2D eigenvalue weighted by Crippen LogP contribution is -2.51. The number of amides is 2. The normalized spacial score (nSPS) is 12.1. The first kappa shape index (κ1) is 31.1. The summed E-state index contributed by atoms with van der Waals surface area (Å²) in [5.74, 6) is 1.11. The Balaban J connectivity index is 2.04. The van der Waals surface area contributed by atoms with Crippen LogP contribution in [0.25, 0.3) is 0 Å². The second kappa shape index (κ2) is 14.2. The molecule has 41 heavy (non-hydrogen) atoms. The lowest BCUT2D eigenvalue weighted by molar-refractivity contribution is -0.144. The van der Waals surface area contributed by atoms with Gasteiger partial charge in [-0.3, -0.25) is 4.79 Å². The summed E-state index contributed by atoms with van der Waals surface area (Å²) in [6.45, 7) is 3.66. The monoisotopic (exact) mass is 568 g/mol. The summed E-state index contributed by atoms with van der Waals surface area (Å²) in [6, 6.07) is 16.1. The highest BCUT2D eigenvalue weighted by atomic mass is 19.1. The first-order valence-corrected chi connectivity index (χ1v) is 13.1. The minimum atomic E-state index is -1.42. The number of nitrogens with one attached hydrogen (secondary N) is 1. The number of esters is 1. The Kier molecular flexibility index (Phi) is 10.8. The maximum absolute atomic E-state index is 15.0. The summed E-state index contributed by atoms with van der Waals surface area (Å²) in [5.41, 5.74) is 0.147. The predicted molar refractivity (Wildman–Crippen MR) is 152 cm³/mol. The number of carbonyl (C=O) groups is 2. The number of nitrogens with zero attached hydrogens (tertiary/aromatic N) is 1. The number of halogens is 1. The molecule has 220 valence electrons. The van der Waals surface area contributed by atoms with Crippen molar-refractivity contribution in [3.05, 3.63) is 83.2 Å². The number of hydrogen-bond acceptors (Lipinski definition) is 7. The van der Waals surface area contributed by atoms with Crippen LogP contribution in [-0.4, -0.2) is 51.9 Å². The number of methoxy groups -OCH3 is 4. The van der Waals surface area contributed by atoms with E-state index in [4.69, 9.17) is 23.7 Å². The van der Waals surface area contributed by atoms with Gasteiger partial charge in [-0.05, 0) is 44.2 Å². The topological polar surface area (TPSA) is 95.6 Å². The lowest BCUT2D eigenvalue weighted by Gasteiger charge is -2.34. The minimum absolute atomic E-state index is 0.112. The second-order valence-electron chi connectivity index (χ2n) is 9.44. The van der Waals surface area contributed by atoms with E-state index in [-0.39, 0.29) is 31.7 Å². The van der Waals surface area contributed by atoms with Crippen molar-refractivity contribution in [1.82, 2.24) is 10.2 Å². The van der Waals surface area contributed by atoms with E-state index in [9.17, 15) is 9.59 Å². The van der Waals surface area contributed by atoms with E-state index >= 15 is 4.39 Å². The Bertz CT molecular complexity index is 1290. The molecule has 0 aromatic heterocycles. The van der Waals surface area contributed by atoms with E-state index in [1.807, 2.05) is 0 Å². The summed E-state index contributed by atoms with van der Waals surface area (Å²) in [6.07, 6.45) is -0.279. The minimum Gasteiger partial charge on any atom is -0.497 e. The zero-order valence-electron chi connectivity index (χ0n) is 24.3. The fraction of sp³-hybridized carbons (Fsp3) is 0.355. The van der Waals surface area contributed by atoms with Gasteiger partial charge in [0.05, 0.1) is 60.1 Å². The Morgan fingerprint density at radius 2 is 1.37 bits per heavy atom. The molecule has 0 aliphatic carbocycles. The third kappa shape index (κ3) is 7.81. The highest BCUT2D eigenvalue weighted by Crippen LogP contribution is 2.31. The summed E-state index contributed by atoms with van der Waals surface area (Å²) in [7, 11) is 6.17. The van der Waals surface area contributed by atoms with Gasteiger partial charge in [0.1, 0.15) is 28.8 Å². The number of hydrogen-bond donors (Lipinski definition) is 1. The largest absolute Gasteiger partial charge is 0.497 e. The van der Waals surface area contributed by atoms with Crippen molar-refractivity contribution in [2.24, 2.45) is 0 Å². The number of benzene rings is 3. The van der Waals surface area contributed by atoms with Gasteiger partial charge in [-0.2, -0.15) is 0 Å². The molecule has 0 saturated heterocycles. The van der Waals surface area contributed by atoms with Gasteiger partial charge in [0, 0.05) is 28.8 Å². The van der Waals surface area contributed by atoms with Crippen molar-refractivity contribution in [1.29, 1.82) is 0 Å².